The molecular formula is C21H20FN5. The molecule has 136 valence electrons. The highest BCUT2D eigenvalue weighted by Crippen LogP contribution is 2.54. The Morgan fingerprint density at radius 3 is 2.56 bits per heavy atom. The SMILES string of the molecule is CCCN1CC=C2C(C#N)=C(N)C(C#N)(C#N)[C@@H](c3ccccc3F)[C@H]2C1. The number of fused-ring (bicyclic) bond motifs is 1. The number of rotatable bonds is 3. The zero-order valence-corrected chi connectivity index (χ0v) is 15.1. The zero-order chi connectivity index (χ0) is 19.6. The molecule has 0 aromatic heterocycles. The molecule has 0 saturated heterocycles. The Morgan fingerprint density at radius 1 is 1.26 bits per heavy atom. The summed E-state index contributed by atoms with van der Waals surface area (Å²) in [6, 6.07) is 12.3. The van der Waals surface area contributed by atoms with Crippen LogP contribution in [0.15, 0.2) is 47.2 Å². The molecule has 0 fully saturated rings. The van der Waals surface area contributed by atoms with Crippen LogP contribution < -0.4 is 5.73 Å². The van der Waals surface area contributed by atoms with Crippen LogP contribution in [0.3, 0.4) is 0 Å². The predicted octanol–water partition coefficient (Wildman–Crippen LogP) is 2.96. The van der Waals surface area contributed by atoms with E-state index in [1.807, 2.05) is 18.2 Å². The zero-order valence-electron chi connectivity index (χ0n) is 15.1. The van der Waals surface area contributed by atoms with E-state index in [2.05, 4.69) is 17.9 Å². The molecule has 0 saturated carbocycles. The molecule has 3 rings (SSSR count). The first kappa shape index (κ1) is 18.6. The molecule has 0 radical (unpaired) electrons. The van der Waals surface area contributed by atoms with Gasteiger partial charge in [0.2, 0.25) is 0 Å². The van der Waals surface area contributed by atoms with E-state index in [-0.39, 0.29) is 22.8 Å². The summed E-state index contributed by atoms with van der Waals surface area (Å²) < 4.78 is 14.7. The molecular weight excluding hydrogens is 341 g/mol. The normalized spacial score (nSPS) is 24.2. The Balaban J connectivity index is 2.30. The Labute approximate surface area is 158 Å². The number of allylic oxidation sites excluding steroid dienone is 2. The van der Waals surface area contributed by atoms with Crippen molar-refractivity contribution in [3.8, 4) is 18.2 Å². The maximum absolute atomic E-state index is 14.7. The van der Waals surface area contributed by atoms with Gasteiger partial charge in [-0.1, -0.05) is 31.2 Å². The molecule has 1 aromatic rings. The maximum atomic E-state index is 14.7. The molecule has 0 unspecified atom stereocenters. The lowest BCUT2D eigenvalue weighted by molar-refractivity contribution is 0.205. The van der Waals surface area contributed by atoms with E-state index in [1.165, 1.54) is 6.07 Å². The lowest BCUT2D eigenvalue weighted by atomic mass is 9.58. The van der Waals surface area contributed by atoms with E-state index in [4.69, 9.17) is 5.73 Å². The van der Waals surface area contributed by atoms with Crippen LogP contribution in [-0.2, 0) is 0 Å². The van der Waals surface area contributed by atoms with Gasteiger partial charge in [-0.25, -0.2) is 4.39 Å². The number of nitrogens with zero attached hydrogens (tertiary/aromatic N) is 4. The number of benzene rings is 1. The molecule has 1 aromatic carbocycles. The summed E-state index contributed by atoms with van der Waals surface area (Å²) in [7, 11) is 0. The molecule has 2 N–H and O–H groups in total. The smallest absolute Gasteiger partial charge is 0.191 e. The van der Waals surface area contributed by atoms with Crippen molar-refractivity contribution in [2.24, 2.45) is 17.1 Å². The fourth-order valence-electron chi connectivity index (χ4n) is 4.31. The number of halogens is 1. The van der Waals surface area contributed by atoms with Crippen molar-refractivity contribution in [1.82, 2.24) is 4.90 Å². The molecule has 0 amide bonds. The molecule has 5 nitrogen and oxygen atoms in total. The van der Waals surface area contributed by atoms with Crippen molar-refractivity contribution in [2.75, 3.05) is 19.6 Å². The minimum absolute atomic E-state index is 0.0744. The quantitative estimate of drug-likeness (QED) is 0.892. The Bertz CT molecular complexity index is 927. The van der Waals surface area contributed by atoms with Crippen molar-refractivity contribution in [3.63, 3.8) is 0 Å². The monoisotopic (exact) mass is 361 g/mol. The van der Waals surface area contributed by atoms with Crippen molar-refractivity contribution >= 4 is 0 Å². The third-order valence-corrected chi connectivity index (χ3v) is 5.52. The highest BCUT2D eigenvalue weighted by Gasteiger charge is 2.55. The highest BCUT2D eigenvalue weighted by atomic mass is 19.1. The fraction of sp³-hybridized carbons (Fsp3) is 0.381. The lowest BCUT2D eigenvalue weighted by Crippen LogP contribution is -2.48. The Hall–Kier alpha value is -3.14. The van der Waals surface area contributed by atoms with Gasteiger partial charge in [0.25, 0.3) is 0 Å². The van der Waals surface area contributed by atoms with Gasteiger partial charge in [0.1, 0.15) is 11.9 Å². The molecule has 2 atom stereocenters. The van der Waals surface area contributed by atoms with E-state index < -0.39 is 17.2 Å². The number of nitriles is 3. The largest absolute Gasteiger partial charge is 0.399 e. The van der Waals surface area contributed by atoms with Crippen LogP contribution in [0.4, 0.5) is 4.39 Å². The predicted molar refractivity (Wildman–Crippen MR) is 97.9 cm³/mol. The molecule has 1 aliphatic carbocycles. The summed E-state index contributed by atoms with van der Waals surface area (Å²) in [5.41, 5.74) is 5.53. The molecule has 2 aliphatic rings. The number of hydrogen-bond donors (Lipinski definition) is 1. The van der Waals surface area contributed by atoms with Gasteiger partial charge in [0, 0.05) is 24.9 Å². The first-order chi connectivity index (χ1) is 13.0. The molecule has 0 bridgehead atoms. The van der Waals surface area contributed by atoms with Crippen LogP contribution in [-0.4, -0.2) is 24.5 Å². The van der Waals surface area contributed by atoms with Gasteiger partial charge in [-0.05, 0) is 30.2 Å². The van der Waals surface area contributed by atoms with Gasteiger partial charge >= 0.3 is 0 Å². The van der Waals surface area contributed by atoms with Gasteiger partial charge in [0.15, 0.2) is 5.41 Å². The third-order valence-electron chi connectivity index (χ3n) is 5.52. The van der Waals surface area contributed by atoms with Gasteiger partial charge < -0.3 is 5.73 Å². The average molecular weight is 361 g/mol. The minimum atomic E-state index is -1.79. The second-order valence-electron chi connectivity index (χ2n) is 6.96. The lowest BCUT2D eigenvalue weighted by Gasteiger charge is -2.45. The van der Waals surface area contributed by atoms with Crippen molar-refractivity contribution < 1.29 is 4.39 Å². The summed E-state index contributed by atoms with van der Waals surface area (Å²) in [5, 5.41) is 29.6. The van der Waals surface area contributed by atoms with Crippen LogP contribution in [0.1, 0.15) is 24.8 Å². The van der Waals surface area contributed by atoms with Crippen LogP contribution in [0.5, 0.6) is 0 Å². The van der Waals surface area contributed by atoms with E-state index in [1.54, 1.807) is 18.2 Å². The average Bonchev–Trinajstić information content (AvgIpc) is 2.68. The van der Waals surface area contributed by atoms with Crippen molar-refractivity contribution in [3.05, 3.63) is 58.6 Å². The fourth-order valence-corrected chi connectivity index (χ4v) is 4.31. The number of nitrogens with two attached hydrogens (primary N) is 1. The molecule has 1 aliphatic heterocycles. The van der Waals surface area contributed by atoms with E-state index in [0.717, 1.165) is 18.5 Å². The summed E-state index contributed by atoms with van der Waals surface area (Å²) in [5.74, 6) is -1.61. The Morgan fingerprint density at radius 2 is 1.96 bits per heavy atom. The number of hydrogen-bond acceptors (Lipinski definition) is 5. The van der Waals surface area contributed by atoms with Crippen LogP contribution in [0, 0.1) is 51.1 Å². The van der Waals surface area contributed by atoms with Crippen molar-refractivity contribution in [1.29, 1.82) is 15.8 Å². The molecule has 27 heavy (non-hydrogen) atoms. The van der Waals surface area contributed by atoms with E-state index in [0.29, 0.717) is 13.1 Å². The minimum Gasteiger partial charge on any atom is -0.399 e. The van der Waals surface area contributed by atoms with Gasteiger partial charge in [-0.3, -0.25) is 4.90 Å². The van der Waals surface area contributed by atoms with Crippen molar-refractivity contribution in [2.45, 2.75) is 19.3 Å². The molecule has 6 heteroatoms. The summed E-state index contributed by atoms with van der Waals surface area (Å²) in [6.07, 6.45) is 2.88. The van der Waals surface area contributed by atoms with E-state index in [9.17, 15) is 20.2 Å². The second kappa shape index (κ2) is 7.23. The van der Waals surface area contributed by atoms with Gasteiger partial charge in [-0.15, -0.1) is 0 Å². The third kappa shape index (κ3) is 2.78. The maximum Gasteiger partial charge on any atom is 0.191 e. The van der Waals surface area contributed by atoms with Crippen LogP contribution in [0.25, 0.3) is 0 Å². The second-order valence-corrected chi connectivity index (χ2v) is 6.96. The summed E-state index contributed by atoms with van der Waals surface area (Å²) in [4.78, 5) is 2.19. The van der Waals surface area contributed by atoms with E-state index >= 15 is 0 Å². The van der Waals surface area contributed by atoms with Crippen LogP contribution in [0.2, 0.25) is 0 Å². The first-order valence-electron chi connectivity index (χ1n) is 8.94. The molecule has 1 heterocycles. The topological polar surface area (TPSA) is 101 Å². The van der Waals surface area contributed by atoms with Gasteiger partial charge in [-0.2, -0.15) is 15.8 Å². The van der Waals surface area contributed by atoms with Gasteiger partial charge in [0.05, 0.1) is 23.4 Å². The first-order valence-corrected chi connectivity index (χ1v) is 8.94. The standard InChI is InChI=1S/C21H20FN5/c1-2-8-27-9-7-14-16(10-23)20(26)21(12-24,13-25)19(17(14)11-27)15-5-3-4-6-18(15)22/h3-7,17,19H,2,8-9,11,26H2,1H3/t17-,19-/m0/s1. The molecule has 0 spiro atoms. The summed E-state index contributed by atoms with van der Waals surface area (Å²) in [6.45, 7) is 4.12. The highest BCUT2D eigenvalue weighted by molar-refractivity contribution is 5.59. The van der Waals surface area contributed by atoms with Crippen LogP contribution >= 0.6 is 0 Å². The Kier molecular flexibility index (Phi) is 5.00. The summed E-state index contributed by atoms with van der Waals surface area (Å²) >= 11 is 0.